The van der Waals surface area contributed by atoms with Crippen molar-refractivity contribution in [3.8, 4) is 11.1 Å². The minimum absolute atomic E-state index is 0.0284. The lowest BCUT2D eigenvalue weighted by atomic mass is 10.0. The molecule has 0 unspecified atom stereocenters. The van der Waals surface area contributed by atoms with Crippen LogP contribution in [0.3, 0.4) is 0 Å². The molecule has 0 radical (unpaired) electrons. The molecule has 0 aliphatic rings. The van der Waals surface area contributed by atoms with Crippen LogP contribution < -0.4 is 5.56 Å². The highest BCUT2D eigenvalue weighted by Crippen LogP contribution is 2.21. The molecule has 0 saturated heterocycles. The van der Waals surface area contributed by atoms with Crippen molar-refractivity contribution in [2.75, 3.05) is 0 Å². The highest BCUT2D eigenvalue weighted by atomic mass is 16.1. The summed E-state index contributed by atoms with van der Waals surface area (Å²) in [4.78, 5) is 17.2. The Kier molecular flexibility index (Phi) is 4.38. The third kappa shape index (κ3) is 2.95. The Labute approximate surface area is 135 Å². The standard InChI is InChI=1S/C20H20N2O/c1-3-6-15-8-10-16(11-9-15)18-14-17-7-5-12-21-19(17)22(13-4-2)20(18)23/h4-5,7-12,14H,2-3,6,13H2,1H3. The van der Waals surface area contributed by atoms with Gasteiger partial charge in [-0.2, -0.15) is 0 Å². The Morgan fingerprint density at radius 3 is 2.70 bits per heavy atom. The first-order chi connectivity index (χ1) is 11.2. The first kappa shape index (κ1) is 15.2. The number of aromatic nitrogens is 2. The summed E-state index contributed by atoms with van der Waals surface area (Å²) in [7, 11) is 0. The molecule has 3 rings (SSSR count). The first-order valence-corrected chi connectivity index (χ1v) is 7.93. The van der Waals surface area contributed by atoms with Crippen molar-refractivity contribution in [1.82, 2.24) is 9.55 Å². The first-order valence-electron chi connectivity index (χ1n) is 7.93. The fourth-order valence-corrected chi connectivity index (χ4v) is 2.85. The summed E-state index contributed by atoms with van der Waals surface area (Å²) in [5, 5.41) is 0.960. The number of benzene rings is 1. The number of fused-ring (bicyclic) bond motifs is 1. The molecule has 3 aromatic rings. The second kappa shape index (κ2) is 6.61. The van der Waals surface area contributed by atoms with Gasteiger partial charge in [-0.25, -0.2) is 4.98 Å². The summed E-state index contributed by atoms with van der Waals surface area (Å²) in [5.41, 5.74) is 3.61. The molecule has 3 heteroatoms. The predicted molar refractivity (Wildman–Crippen MR) is 95.6 cm³/mol. The van der Waals surface area contributed by atoms with Gasteiger partial charge < -0.3 is 0 Å². The van der Waals surface area contributed by atoms with Gasteiger partial charge in [0.2, 0.25) is 0 Å². The van der Waals surface area contributed by atoms with E-state index in [2.05, 4.69) is 30.6 Å². The Morgan fingerprint density at radius 1 is 1.22 bits per heavy atom. The van der Waals surface area contributed by atoms with Crippen LogP contribution in [0, 0.1) is 0 Å². The van der Waals surface area contributed by atoms with Gasteiger partial charge in [0.15, 0.2) is 0 Å². The Morgan fingerprint density at radius 2 is 2.00 bits per heavy atom. The van der Waals surface area contributed by atoms with E-state index in [1.165, 1.54) is 5.56 Å². The van der Waals surface area contributed by atoms with Gasteiger partial charge in [0.25, 0.3) is 5.56 Å². The number of allylic oxidation sites excluding steroid dienone is 1. The number of rotatable bonds is 5. The zero-order chi connectivity index (χ0) is 16.2. The summed E-state index contributed by atoms with van der Waals surface area (Å²) in [6.45, 7) is 6.37. The SMILES string of the molecule is C=CCn1c(=O)c(-c2ccc(CCC)cc2)cc2cccnc21. The number of pyridine rings is 2. The van der Waals surface area contributed by atoms with Crippen molar-refractivity contribution < 1.29 is 0 Å². The van der Waals surface area contributed by atoms with Crippen LogP contribution in [0.25, 0.3) is 22.2 Å². The average molecular weight is 304 g/mol. The molecule has 0 saturated carbocycles. The monoisotopic (exact) mass is 304 g/mol. The molecule has 0 fully saturated rings. The van der Waals surface area contributed by atoms with Gasteiger partial charge in [-0.3, -0.25) is 9.36 Å². The largest absolute Gasteiger partial charge is 0.288 e. The lowest BCUT2D eigenvalue weighted by Crippen LogP contribution is -2.22. The van der Waals surface area contributed by atoms with E-state index in [9.17, 15) is 4.79 Å². The van der Waals surface area contributed by atoms with Crippen molar-refractivity contribution in [1.29, 1.82) is 0 Å². The van der Waals surface area contributed by atoms with Gasteiger partial charge >= 0.3 is 0 Å². The number of hydrogen-bond donors (Lipinski definition) is 0. The van der Waals surface area contributed by atoms with Crippen LogP contribution >= 0.6 is 0 Å². The van der Waals surface area contributed by atoms with Crippen molar-refractivity contribution in [2.24, 2.45) is 0 Å². The maximum Gasteiger partial charge on any atom is 0.260 e. The Bertz CT molecular complexity index is 892. The van der Waals surface area contributed by atoms with Gasteiger partial charge in [0.05, 0.1) is 0 Å². The van der Waals surface area contributed by atoms with E-state index < -0.39 is 0 Å². The fourth-order valence-electron chi connectivity index (χ4n) is 2.85. The summed E-state index contributed by atoms with van der Waals surface area (Å²) in [5.74, 6) is 0. The molecule has 0 N–H and O–H groups in total. The molecule has 2 heterocycles. The topological polar surface area (TPSA) is 34.9 Å². The van der Waals surface area contributed by atoms with Crippen LogP contribution in [0.15, 0.2) is 66.1 Å². The third-order valence-electron chi connectivity index (χ3n) is 3.96. The molecule has 0 spiro atoms. The fraction of sp³-hybridized carbons (Fsp3) is 0.200. The van der Waals surface area contributed by atoms with E-state index in [4.69, 9.17) is 0 Å². The highest BCUT2D eigenvalue weighted by molar-refractivity contribution is 5.81. The van der Waals surface area contributed by atoms with Gasteiger partial charge in [-0.1, -0.05) is 43.7 Å². The van der Waals surface area contributed by atoms with Crippen molar-refractivity contribution >= 4 is 11.0 Å². The minimum Gasteiger partial charge on any atom is -0.288 e. The van der Waals surface area contributed by atoms with Crippen LogP contribution in [-0.2, 0) is 13.0 Å². The third-order valence-corrected chi connectivity index (χ3v) is 3.96. The molecule has 0 aliphatic carbocycles. The highest BCUT2D eigenvalue weighted by Gasteiger charge is 2.11. The Hall–Kier alpha value is -2.68. The number of nitrogens with zero attached hydrogens (tertiary/aromatic N) is 2. The van der Waals surface area contributed by atoms with E-state index in [1.54, 1.807) is 16.8 Å². The van der Waals surface area contributed by atoms with E-state index >= 15 is 0 Å². The second-order valence-electron chi connectivity index (χ2n) is 5.63. The molecule has 2 aromatic heterocycles. The summed E-state index contributed by atoms with van der Waals surface area (Å²) in [6, 6.07) is 14.1. The van der Waals surface area contributed by atoms with Gasteiger partial charge in [0, 0.05) is 23.7 Å². The van der Waals surface area contributed by atoms with Crippen LogP contribution in [-0.4, -0.2) is 9.55 Å². The van der Waals surface area contributed by atoms with Crippen molar-refractivity contribution in [3.63, 3.8) is 0 Å². The molecular weight excluding hydrogens is 284 g/mol. The molecule has 0 amide bonds. The summed E-state index contributed by atoms with van der Waals surface area (Å²) < 4.78 is 1.68. The average Bonchev–Trinajstić information content (AvgIpc) is 2.58. The van der Waals surface area contributed by atoms with E-state index in [0.29, 0.717) is 17.8 Å². The maximum atomic E-state index is 12.9. The molecule has 1 aromatic carbocycles. The molecule has 0 aliphatic heterocycles. The molecule has 3 nitrogen and oxygen atoms in total. The number of aryl methyl sites for hydroxylation is 1. The normalized spacial score (nSPS) is 10.8. The molecule has 116 valence electrons. The van der Waals surface area contributed by atoms with Crippen LogP contribution in [0.4, 0.5) is 0 Å². The Balaban J connectivity index is 2.19. The van der Waals surface area contributed by atoms with Crippen molar-refractivity contribution in [2.45, 2.75) is 26.3 Å². The van der Waals surface area contributed by atoms with Gasteiger partial charge in [0.1, 0.15) is 5.65 Å². The molecule has 0 bridgehead atoms. The van der Waals surface area contributed by atoms with Gasteiger partial charge in [-0.15, -0.1) is 6.58 Å². The van der Waals surface area contributed by atoms with Crippen molar-refractivity contribution in [3.05, 3.63) is 77.2 Å². The second-order valence-corrected chi connectivity index (χ2v) is 5.63. The molecule has 0 atom stereocenters. The summed E-state index contributed by atoms with van der Waals surface area (Å²) >= 11 is 0. The minimum atomic E-state index is -0.0284. The zero-order valence-corrected chi connectivity index (χ0v) is 13.3. The lowest BCUT2D eigenvalue weighted by molar-refractivity contribution is 0.807. The smallest absolute Gasteiger partial charge is 0.260 e. The van der Waals surface area contributed by atoms with Crippen LogP contribution in [0.1, 0.15) is 18.9 Å². The molecular formula is C20H20N2O. The zero-order valence-electron chi connectivity index (χ0n) is 13.3. The lowest BCUT2D eigenvalue weighted by Gasteiger charge is -2.11. The predicted octanol–water partition coefficient (Wildman–Crippen LogP) is 4.20. The maximum absolute atomic E-state index is 12.9. The molecule has 23 heavy (non-hydrogen) atoms. The quantitative estimate of drug-likeness (QED) is 0.662. The van der Waals surface area contributed by atoms with Crippen LogP contribution in [0.5, 0.6) is 0 Å². The number of hydrogen-bond acceptors (Lipinski definition) is 2. The van der Waals surface area contributed by atoms with E-state index in [0.717, 1.165) is 23.8 Å². The van der Waals surface area contributed by atoms with E-state index in [-0.39, 0.29) is 5.56 Å². The van der Waals surface area contributed by atoms with Crippen LogP contribution in [0.2, 0.25) is 0 Å². The van der Waals surface area contributed by atoms with Gasteiger partial charge in [-0.05, 0) is 35.7 Å². The van der Waals surface area contributed by atoms with E-state index in [1.807, 2.05) is 30.3 Å². The summed E-state index contributed by atoms with van der Waals surface area (Å²) in [6.07, 6.45) is 5.61.